The molecule has 3 aromatic rings. The van der Waals surface area contributed by atoms with E-state index in [2.05, 4.69) is 10.3 Å². The highest BCUT2D eigenvalue weighted by Gasteiger charge is 2.34. The van der Waals surface area contributed by atoms with Crippen molar-refractivity contribution in [2.24, 2.45) is 0 Å². The highest BCUT2D eigenvalue weighted by molar-refractivity contribution is 7.89. The minimum absolute atomic E-state index is 0.0517. The molecule has 1 fully saturated rings. The molecule has 30 heavy (non-hydrogen) atoms. The number of hydrogen-bond acceptors (Lipinski definition) is 7. The van der Waals surface area contributed by atoms with Gasteiger partial charge in [-0.15, -0.1) is 0 Å². The van der Waals surface area contributed by atoms with Gasteiger partial charge >= 0.3 is 0 Å². The largest absolute Gasteiger partial charge is 0.366 e. The van der Waals surface area contributed by atoms with Crippen molar-refractivity contribution < 1.29 is 12.9 Å². The normalized spacial score (nSPS) is 15.5. The van der Waals surface area contributed by atoms with Crippen molar-refractivity contribution in [1.82, 2.24) is 19.2 Å². The summed E-state index contributed by atoms with van der Waals surface area (Å²) in [4.78, 5) is 14.7. The van der Waals surface area contributed by atoms with Crippen molar-refractivity contribution in [2.45, 2.75) is 18.7 Å². The van der Waals surface area contributed by atoms with E-state index >= 15 is 0 Å². The smallest absolute Gasteiger partial charge is 0.292 e. The van der Waals surface area contributed by atoms with Gasteiger partial charge in [-0.3, -0.25) is 4.79 Å². The van der Waals surface area contributed by atoms with Gasteiger partial charge in [0.05, 0.1) is 17.6 Å². The second-order valence-corrected chi connectivity index (χ2v) is 9.19. The molecular formula is C19H20ClN5O4S. The van der Waals surface area contributed by atoms with Crippen LogP contribution in [0, 0.1) is 13.8 Å². The molecule has 0 unspecified atom stereocenters. The van der Waals surface area contributed by atoms with E-state index in [1.165, 1.54) is 15.2 Å². The number of piperazine rings is 1. The number of halogens is 1. The second-order valence-electron chi connectivity index (χ2n) is 6.94. The summed E-state index contributed by atoms with van der Waals surface area (Å²) < 4.78 is 33.6. The third-order valence-electron chi connectivity index (χ3n) is 5.05. The van der Waals surface area contributed by atoms with E-state index in [0.717, 1.165) is 0 Å². The molecule has 0 N–H and O–H groups in total. The van der Waals surface area contributed by atoms with Gasteiger partial charge in [0.15, 0.2) is 5.76 Å². The lowest BCUT2D eigenvalue weighted by Crippen LogP contribution is -2.49. The van der Waals surface area contributed by atoms with Crippen molar-refractivity contribution in [3.8, 4) is 5.69 Å². The standard InChI is InChI=1S/C19H20ClN5O4S/c1-13-18(14(2)29-22-13)30(27,28)24-10-8-23(9-11-24)16-12-21-25(19(26)17(16)20)15-6-4-3-5-7-15/h3-7,12H,8-11H2,1-2H3. The number of aryl methyl sites for hydroxylation is 2. The molecule has 0 aliphatic carbocycles. The Hall–Kier alpha value is -2.69. The fourth-order valence-corrected chi connectivity index (χ4v) is 5.50. The van der Waals surface area contributed by atoms with E-state index in [4.69, 9.17) is 16.1 Å². The van der Waals surface area contributed by atoms with Crippen LogP contribution >= 0.6 is 11.6 Å². The Morgan fingerprint density at radius 1 is 1.07 bits per heavy atom. The Balaban J connectivity index is 1.55. The third-order valence-corrected chi connectivity index (χ3v) is 7.55. The summed E-state index contributed by atoms with van der Waals surface area (Å²) in [5.74, 6) is 0.270. The summed E-state index contributed by atoms with van der Waals surface area (Å²) in [6.45, 7) is 4.41. The minimum Gasteiger partial charge on any atom is -0.366 e. The predicted octanol–water partition coefficient (Wildman–Crippen LogP) is 2.00. The molecule has 1 aliphatic heterocycles. The first-order valence-corrected chi connectivity index (χ1v) is 11.1. The van der Waals surface area contributed by atoms with Crippen LogP contribution in [0.2, 0.25) is 5.02 Å². The molecule has 4 rings (SSSR count). The molecule has 1 aliphatic rings. The molecule has 1 saturated heterocycles. The Morgan fingerprint density at radius 3 is 2.33 bits per heavy atom. The Kier molecular flexibility index (Phi) is 5.39. The Morgan fingerprint density at radius 2 is 1.73 bits per heavy atom. The third kappa shape index (κ3) is 3.51. The van der Waals surface area contributed by atoms with Gasteiger partial charge in [0.2, 0.25) is 10.0 Å². The summed E-state index contributed by atoms with van der Waals surface area (Å²) in [7, 11) is -3.71. The molecule has 0 saturated carbocycles. The SMILES string of the molecule is Cc1noc(C)c1S(=O)(=O)N1CCN(c2cnn(-c3ccccc3)c(=O)c2Cl)CC1. The van der Waals surface area contributed by atoms with Gasteiger partial charge in [-0.05, 0) is 26.0 Å². The maximum Gasteiger partial charge on any atom is 0.292 e. The van der Waals surface area contributed by atoms with E-state index in [9.17, 15) is 13.2 Å². The molecule has 158 valence electrons. The first-order chi connectivity index (χ1) is 14.3. The number of para-hydroxylation sites is 1. The lowest BCUT2D eigenvalue weighted by molar-refractivity contribution is 0.378. The van der Waals surface area contributed by atoms with Crippen molar-refractivity contribution in [2.75, 3.05) is 31.1 Å². The summed E-state index contributed by atoms with van der Waals surface area (Å²) in [6, 6.07) is 9.00. The van der Waals surface area contributed by atoms with Crippen molar-refractivity contribution in [1.29, 1.82) is 0 Å². The summed E-state index contributed by atoms with van der Waals surface area (Å²) in [5.41, 5.74) is 1.02. The van der Waals surface area contributed by atoms with Gasteiger partial charge in [-0.1, -0.05) is 35.0 Å². The Bertz CT molecular complexity index is 1210. The average Bonchev–Trinajstić information content (AvgIpc) is 3.09. The van der Waals surface area contributed by atoms with Gasteiger partial charge in [-0.2, -0.15) is 14.1 Å². The molecule has 0 radical (unpaired) electrons. The molecule has 11 heteroatoms. The van der Waals surface area contributed by atoms with Gasteiger partial charge in [0.25, 0.3) is 5.56 Å². The molecule has 3 heterocycles. The first-order valence-electron chi connectivity index (χ1n) is 9.32. The number of benzene rings is 1. The molecule has 0 bridgehead atoms. The van der Waals surface area contributed by atoms with Crippen LogP contribution in [0.25, 0.3) is 5.69 Å². The quantitative estimate of drug-likeness (QED) is 0.600. The lowest BCUT2D eigenvalue weighted by Gasteiger charge is -2.35. The van der Waals surface area contributed by atoms with Crippen LogP contribution in [0.15, 0.2) is 50.7 Å². The first kappa shape index (κ1) is 20.6. The zero-order valence-corrected chi connectivity index (χ0v) is 18.0. The molecule has 0 atom stereocenters. The lowest BCUT2D eigenvalue weighted by atomic mass is 10.3. The van der Waals surface area contributed by atoms with E-state index in [0.29, 0.717) is 30.2 Å². The van der Waals surface area contributed by atoms with Gasteiger partial charge in [0.1, 0.15) is 15.6 Å². The maximum absolute atomic E-state index is 13.0. The summed E-state index contributed by atoms with van der Waals surface area (Å²) >= 11 is 6.36. The fraction of sp³-hybridized carbons (Fsp3) is 0.316. The zero-order valence-electron chi connectivity index (χ0n) is 16.4. The van der Waals surface area contributed by atoms with E-state index in [-0.39, 0.29) is 28.8 Å². The van der Waals surface area contributed by atoms with Crippen molar-refractivity contribution in [3.63, 3.8) is 0 Å². The maximum atomic E-state index is 13.0. The predicted molar refractivity (Wildman–Crippen MR) is 112 cm³/mol. The van der Waals surface area contributed by atoms with Crippen LogP contribution in [0.1, 0.15) is 11.5 Å². The second kappa shape index (κ2) is 7.86. The number of rotatable bonds is 4. The minimum atomic E-state index is -3.71. The van der Waals surface area contributed by atoms with Crippen LogP contribution in [0.3, 0.4) is 0 Å². The van der Waals surface area contributed by atoms with Gasteiger partial charge in [0, 0.05) is 26.2 Å². The average molecular weight is 450 g/mol. The molecule has 9 nitrogen and oxygen atoms in total. The summed E-state index contributed by atoms with van der Waals surface area (Å²) in [5, 5.41) is 8.03. The zero-order chi connectivity index (χ0) is 21.5. The number of sulfonamides is 1. The van der Waals surface area contributed by atoms with Crippen LogP contribution < -0.4 is 10.5 Å². The van der Waals surface area contributed by atoms with E-state index in [1.54, 1.807) is 26.0 Å². The monoisotopic (exact) mass is 449 g/mol. The van der Waals surface area contributed by atoms with Crippen molar-refractivity contribution in [3.05, 3.63) is 63.4 Å². The molecular weight excluding hydrogens is 430 g/mol. The Labute approximate surface area is 178 Å². The van der Waals surface area contributed by atoms with Crippen LogP contribution in [-0.4, -0.2) is 53.8 Å². The van der Waals surface area contributed by atoms with Crippen LogP contribution in [0.5, 0.6) is 0 Å². The van der Waals surface area contributed by atoms with Crippen molar-refractivity contribution >= 4 is 27.3 Å². The fourth-order valence-electron chi connectivity index (χ4n) is 3.54. The number of hydrogen-bond donors (Lipinski definition) is 0. The highest BCUT2D eigenvalue weighted by Crippen LogP contribution is 2.27. The number of nitrogens with zero attached hydrogens (tertiary/aromatic N) is 5. The molecule has 2 aromatic heterocycles. The number of anilines is 1. The molecule has 1 aromatic carbocycles. The summed E-state index contributed by atoms with van der Waals surface area (Å²) in [6.07, 6.45) is 1.54. The van der Waals surface area contributed by atoms with Gasteiger partial charge < -0.3 is 9.42 Å². The van der Waals surface area contributed by atoms with Crippen LogP contribution in [-0.2, 0) is 10.0 Å². The van der Waals surface area contributed by atoms with E-state index < -0.39 is 15.6 Å². The molecule has 0 spiro atoms. The molecule has 0 amide bonds. The number of aromatic nitrogens is 3. The highest BCUT2D eigenvalue weighted by atomic mass is 35.5. The van der Waals surface area contributed by atoms with E-state index in [1.807, 2.05) is 23.1 Å². The van der Waals surface area contributed by atoms with Crippen LogP contribution in [0.4, 0.5) is 5.69 Å². The van der Waals surface area contributed by atoms with Gasteiger partial charge in [-0.25, -0.2) is 8.42 Å². The topological polar surface area (TPSA) is 102 Å².